The molecule has 1 amide bonds. The Morgan fingerprint density at radius 2 is 2.03 bits per heavy atom. The summed E-state index contributed by atoms with van der Waals surface area (Å²) in [6.07, 6.45) is 2.73. The van der Waals surface area contributed by atoms with E-state index in [-0.39, 0.29) is 29.6 Å². The van der Waals surface area contributed by atoms with Crippen molar-refractivity contribution in [3.8, 4) is 17.0 Å². The van der Waals surface area contributed by atoms with E-state index in [0.29, 0.717) is 33.5 Å². The Morgan fingerprint density at radius 1 is 1.21 bits per heavy atom. The van der Waals surface area contributed by atoms with E-state index in [1.165, 1.54) is 18.5 Å². The Morgan fingerprint density at radius 3 is 2.79 bits per heavy atom. The van der Waals surface area contributed by atoms with Crippen molar-refractivity contribution >= 4 is 28.4 Å². The lowest BCUT2D eigenvalue weighted by atomic mass is 10.0. The molecule has 172 valence electrons. The van der Waals surface area contributed by atoms with Crippen LogP contribution >= 0.6 is 0 Å². The molecule has 2 aliphatic rings. The predicted molar refractivity (Wildman–Crippen MR) is 125 cm³/mol. The van der Waals surface area contributed by atoms with Gasteiger partial charge in [0.15, 0.2) is 5.65 Å². The summed E-state index contributed by atoms with van der Waals surface area (Å²) in [5.74, 6) is -0.273. The molecule has 1 saturated carbocycles. The van der Waals surface area contributed by atoms with Crippen molar-refractivity contribution in [2.75, 3.05) is 11.1 Å². The first kappa shape index (κ1) is 20.4. The van der Waals surface area contributed by atoms with Crippen LogP contribution < -0.4 is 11.1 Å². The van der Waals surface area contributed by atoms with Crippen LogP contribution in [0.1, 0.15) is 36.2 Å². The lowest BCUT2D eigenvalue weighted by Gasteiger charge is -2.41. The number of aromatic hydroxyl groups is 1. The molecule has 0 saturated heterocycles. The molecule has 0 bridgehead atoms. The molecule has 1 aliphatic heterocycles. The first-order valence-electron chi connectivity index (χ1n) is 11.1. The van der Waals surface area contributed by atoms with E-state index in [9.17, 15) is 14.3 Å². The van der Waals surface area contributed by atoms with Gasteiger partial charge >= 0.3 is 0 Å². The van der Waals surface area contributed by atoms with E-state index in [4.69, 9.17) is 10.8 Å². The largest absolute Gasteiger partial charge is 0.508 e. The van der Waals surface area contributed by atoms with Gasteiger partial charge in [0.1, 0.15) is 35.6 Å². The number of hydrogen-bond donors (Lipinski definition) is 3. The van der Waals surface area contributed by atoms with Gasteiger partial charge in [-0.05, 0) is 50.1 Å². The van der Waals surface area contributed by atoms with Gasteiger partial charge < -0.3 is 21.1 Å². The third-order valence-electron chi connectivity index (χ3n) is 6.47. The summed E-state index contributed by atoms with van der Waals surface area (Å²) in [5, 5.41) is 18.8. The number of hydrogen-bond acceptors (Lipinski definition) is 7. The molecule has 1 aliphatic carbocycles. The highest BCUT2D eigenvalue weighted by Gasteiger charge is 2.44. The van der Waals surface area contributed by atoms with E-state index >= 15 is 0 Å². The summed E-state index contributed by atoms with van der Waals surface area (Å²) < 4.78 is 15.6. The Kier molecular flexibility index (Phi) is 4.44. The van der Waals surface area contributed by atoms with Crippen LogP contribution in [-0.2, 0) is 0 Å². The molecule has 2 aromatic carbocycles. The van der Waals surface area contributed by atoms with Crippen molar-refractivity contribution in [1.82, 2.24) is 24.6 Å². The highest BCUT2D eigenvalue weighted by molar-refractivity contribution is 6.02. The molecule has 0 spiro atoms. The van der Waals surface area contributed by atoms with Crippen molar-refractivity contribution in [2.24, 2.45) is 0 Å². The number of phenols is 1. The third-order valence-corrected chi connectivity index (χ3v) is 6.47. The minimum atomic E-state index is -0.447. The number of nitrogens with zero attached hydrogens (tertiary/aromatic N) is 5. The van der Waals surface area contributed by atoms with E-state index in [1.54, 1.807) is 33.8 Å². The number of nitrogens with two attached hydrogens (primary N) is 1. The summed E-state index contributed by atoms with van der Waals surface area (Å²) in [6, 6.07) is 10.7. The van der Waals surface area contributed by atoms with Gasteiger partial charge in [-0.3, -0.25) is 4.79 Å². The second kappa shape index (κ2) is 7.41. The zero-order valence-corrected chi connectivity index (χ0v) is 18.3. The highest BCUT2D eigenvalue weighted by Crippen LogP contribution is 2.40. The Balaban J connectivity index is 1.49. The molecule has 0 radical (unpaired) electrons. The third kappa shape index (κ3) is 3.13. The number of amides is 1. The Hall–Kier alpha value is -4.21. The van der Waals surface area contributed by atoms with Gasteiger partial charge in [0.2, 0.25) is 0 Å². The van der Waals surface area contributed by atoms with Gasteiger partial charge in [0, 0.05) is 17.3 Å². The number of halogens is 1. The summed E-state index contributed by atoms with van der Waals surface area (Å²) in [4.78, 5) is 23.8. The Labute approximate surface area is 194 Å². The molecule has 34 heavy (non-hydrogen) atoms. The number of aromatic nitrogens is 4. The quantitative estimate of drug-likeness (QED) is 0.427. The normalized spacial score (nSPS) is 18.6. The molecule has 6 rings (SSSR count). The van der Waals surface area contributed by atoms with Gasteiger partial charge in [-0.15, -0.1) is 0 Å². The van der Waals surface area contributed by atoms with Gasteiger partial charge in [-0.1, -0.05) is 12.1 Å². The number of nitrogen functional groups attached to an aromatic ring is 1. The zero-order chi connectivity index (χ0) is 23.6. The predicted octanol–water partition coefficient (Wildman–Crippen LogP) is 3.54. The number of carbonyl (C=O) groups is 1. The summed E-state index contributed by atoms with van der Waals surface area (Å²) in [6.45, 7) is 1.95. The lowest BCUT2D eigenvalue weighted by molar-refractivity contribution is 0.0612. The number of anilines is 2. The first-order chi connectivity index (χ1) is 16.4. The summed E-state index contributed by atoms with van der Waals surface area (Å²) in [5.41, 5.74) is 8.87. The fourth-order valence-electron chi connectivity index (χ4n) is 4.68. The fraction of sp³-hybridized carbons (Fsp3) is 0.250. The minimum Gasteiger partial charge on any atom is -0.508 e. The average Bonchev–Trinajstić information content (AvgIpc) is 3.58. The monoisotopic (exact) mass is 459 g/mol. The molecule has 4 aromatic rings. The van der Waals surface area contributed by atoms with E-state index in [0.717, 1.165) is 12.8 Å². The number of rotatable bonds is 4. The van der Waals surface area contributed by atoms with Crippen molar-refractivity contribution in [3.63, 3.8) is 0 Å². The Bertz CT molecular complexity index is 1450. The standard InChI is InChI=1S/C24H22FN7O2/c1-12(22-29-18-8-5-14(25)10-17(18)24(34)31(22)15-6-7-15)32-23-19(21(26)27-11-28-23)20(30-32)13-3-2-4-16(33)9-13/h2-5,8-12,15,22,29,33H,6-7H2,1H3,(H2,26,27,28). The SMILES string of the molecule is CC(C1Nc2ccc(F)cc2C(=O)N1C1CC1)n1nc(-c2cccc(O)c2)c2c(N)ncnc21. The second-order valence-electron chi connectivity index (χ2n) is 8.76. The first-order valence-corrected chi connectivity index (χ1v) is 11.1. The molecule has 1 fully saturated rings. The average molecular weight is 459 g/mol. The van der Waals surface area contributed by atoms with Crippen LogP contribution in [0.3, 0.4) is 0 Å². The van der Waals surface area contributed by atoms with Gasteiger partial charge in [-0.2, -0.15) is 5.10 Å². The van der Waals surface area contributed by atoms with Crippen LogP contribution in [0.25, 0.3) is 22.3 Å². The van der Waals surface area contributed by atoms with Gasteiger partial charge in [0.05, 0.1) is 17.0 Å². The minimum absolute atomic E-state index is 0.0796. The number of fused-ring (bicyclic) bond motifs is 2. The summed E-state index contributed by atoms with van der Waals surface area (Å²) in [7, 11) is 0. The van der Waals surface area contributed by atoms with Crippen molar-refractivity contribution in [3.05, 3.63) is 60.2 Å². The molecule has 2 aromatic heterocycles. The van der Waals surface area contributed by atoms with Crippen LogP contribution in [-0.4, -0.2) is 47.9 Å². The van der Waals surface area contributed by atoms with Crippen molar-refractivity contribution in [1.29, 1.82) is 0 Å². The molecule has 4 N–H and O–H groups in total. The van der Waals surface area contributed by atoms with E-state index in [1.807, 2.05) is 13.0 Å². The van der Waals surface area contributed by atoms with Gasteiger partial charge in [0.25, 0.3) is 5.91 Å². The summed E-state index contributed by atoms with van der Waals surface area (Å²) >= 11 is 0. The molecule has 3 heterocycles. The zero-order valence-electron chi connectivity index (χ0n) is 18.3. The van der Waals surface area contributed by atoms with Crippen LogP contribution in [0, 0.1) is 5.82 Å². The molecule has 10 heteroatoms. The second-order valence-corrected chi connectivity index (χ2v) is 8.76. The van der Waals surface area contributed by atoms with Crippen LogP contribution in [0.2, 0.25) is 0 Å². The molecular weight excluding hydrogens is 437 g/mol. The van der Waals surface area contributed by atoms with E-state index in [2.05, 4.69) is 15.3 Å². The molecule has 9 nitrogen and oxygen atoms in total. The molecule has 2 unspecified atom stereocenters. The number of nitrogens with one attached hydrogen (secondary N) is 1. The molecule has 2 atom stereocenters. The molecular formula is C24H22FN7O2. The van der Waals surface area contributed by atoms with Crippen molar-refractivity contribution in [2.45, 2.75) is 38.0 Å². The van der Waals surface area contributed by atoms with Crippen LogP contribution in [0.4, 0.5) is 15.9 Å². The fourth-order valence-corrected chi connectivity index (χ4v) is 4.68. The van der Waals surface area contributed by atoms with E-state index < -0.39 is 12.0 Å². The lowest BCUT2D eigenvalue weighted by Crippen LogP contribution is -2.53. The number of carbonyl (C=O) groups excluding carboxylic acids is 1. The number of phenolic OH excluding ortho intramolecular Hbond substituents is 1. The van der Waals surface area contributed by atoms with Crippen molar-refractivity contribution < 1.29 is 14.3 Å². The highest BCUT2D eigenvalue weighted by atomic mass is 19.1. The maximum absolute atomic E-state index is 13.9. The topological polar surface area (TPSA) is 122 Å². The van der Waals surface area contributed by atoms with Gasteiger partial charge in [-0.25, -0.2) is 19.0 Å². The maximum atomic E-state index is 13.9. The number of benzene rings is 2. The van der Waals surface area contributed by atoms with Crippen LogP contribution in [0.5, 0.6) is 5.75 Å². The van der Waals surface area contributed by atoms with Crippen LogP contribution in [0.15, 0.2) is 48.8 Å². The maximum Gasteiger partial charge on any atom is 0.258 e. The smallest absolute Gasteiger partial charge is 0.258 e.